The van der Waals surface area contributed by atoms with E-state index in [0.717, 1.165) is 0 Å². The highest BCUT2D eigenvalue weighted by Crippen LogP contribution is 2.42. The van der Waals surface area contributed by atoms with E-state index in [4.69, 9.17) is 10.00 Å². The van der Waals surface area contributed by atoms with E-state index >= 15 is 0 Å². The maximum atomic E-state index is 11.4. The molecule has 2 N–H and O–H groups in total. The van der Waals surface area contributed by atoms with Crippen LogP contribution in [-0.2, 0) is 9.09 Å². The number of aliphatic hydroxyl groups is 1. The molecule has 8 heavy (non-hydrogen) atoms. The van der Waals surface area contributed by atoms with Crippen LogP contribution < -0.4 is 0 Å². The van der Waals surface area contributed by atoms with Crippen LogP contribution in [0.5, 0.6) is 0 Å². The van der Waals surface area contributed by atoms with Crippen molar-refractivity contribution in [3.05, 3.63) is 0 Å². The van der Waals surface area contributed by atoms with Gasteiger partial charge < -0.3 is 5.11 Å². The van der Waals surface area contributed by atoms with Gasteiger partial charge in [-0.2, -0.15) is 0 Å². The molecule has 0 rings (SSSR count). The van der Waals surface area contributed by atoms with Crippen LogP contribution in [0.25, 0.3) is 0 Å². The average molecular weight is 144 g/mol. The lowest BCUT2D eigenvalue weighted by Gasteiger charge is -1.97. The van der Waals surface area contributed by atoms with E-state index in [9.17, 15) is 8.76 Å². The lowest BCUT2D eigenvalue weighted by Crippen LogP contribution is -1.93. The minimum atomic E-state index is -4.84. The molecule has 0 spiro atoms. The molecule has 0 saturated carbocycles. The third-order valence-electron chi connectivity index (χ3n) is 0.342. The summed E-state index contributed by atoms with van der Waals surface area (Å²) in [5, 5.41) is 7.91. The summed E-state index contributed by atoms with van der Waals surface area (Å²) in [5.74, 6) is 0. The molecule has 50 valence electrons. The van der Waals surface area contributed by atoms with Crippen LogP contribution in [0.3, 0.4) is 0 Å². The van der Waals surface area contributed by atoms with E-state index in [-0.39, 0.29) is 0 Å². The summed E-state index contributed by atoms with van der Waals surface area (Å²) in [7, 11) is -4.84. The molecule has 1 atom stereocenters. The van der Waals surface area contributed by atoms with Gasteiger partial charge in [-0.25, -0.2) is 4.57 Å². The number of hydrogen-bond donors (Lipinski definition) is 2. The first-order valence-electron chi connectivity index (χ1n) is 1.84. The Bertz CT molecular complexity index is 98.2. The monoisotopic (exact) mass is 144 g/mol. The molecule has 1 unspecified atom stereocenters. The summed E-state index contributed by atoms with van der Waals surface area (Å²) in [4.78, 5) is 7.70. The lowest BCUT2D eigenvalue weighted by atomic mass is 10.8. The average Bonchev–Trinajstić information content (AvgIpc) is 1.59. The van der Waals surface area contributed by atoms with Gasteiger partial charge in [-0.15, -0.1) is 4.20 Å². The molecule has 4 nitrogen and oxygen atoms in total. The van der Waals surface area contributed by atoms with Crippen LogP contribution in [0.4, 0.5) is 4.20 Å². The van der Waals surface area contributed by atoms with E-state index in [1.165, 1.54) is 0 Å². The summed E-state index contributed by atoms with van der Waals surface area (Å²) in [5.41, 5.74) is 0. The predicted octanol–water partition coefficient (Wildman–Crippen LogP) is 0.0652. The van der Waals surface area contributed by atoms with Crippen LogP contribution in [0.2, 0.25) is 0 Å². The van der Waals surface area contributed by atoms with Gasteiger partial charge in [0.1, 0.15) is 0 Å². The van der Waals surface area contributed by atoms with Crippen molar-refractivity contribution in [2.45, 2.75) is 0 Å². The molecule has 0 aliphatic carbocycles. The van der Waals surface area contributed by atoms with Gasteiger partial charge in [0, 0.05) is 0 Å². The Morgan fingerprint density at radius 1 is 1.75 bits per heavy atom. The lowest BCUT2D eigenvalue weighted by molar-refractivity contribution is 0.167. The molecular formula is C2H6FO4P. The van der Waals surface area contributed by atoms with Crippen molar-refractivity contribution in [3.8, 4) is 0 Å². The number of halogens is 1. The highest BCUT2D eigenvalue weighted by molar-refractivity contribution is 7.46. The molecule has 0 amide bonds. The van der Waals surface area contributed by atoms with Crippen molar-refractivity contribution in [1.29, 1.82) is 0 Å². The standard InChI is InChI=1S/C2H6FO4P/c3-8(5,6)7-2-1-4/h4H,1-2H2,(H,5,6). The second-order valence-corrected chi connectivity index (χ2v) is 2.17. The molecule has 0 radical (unpaired) electrons. The highest BCUT2D eigenvalue weighted by Gasteiger charge is 2.15. The molecule has 0 saturated heterocycles. The van der Waals surface area contributed by atoms with Crippen molar-refractivity contribution in [2.24, 2.45) is 0 Å². The Morgan fingerprint density at radius 3 is 2.38 bits per heavy atom. The Balaban J connectivity index is 3.26. The van der Waals surface area contributed by atoms with Gasteiger partial charge >= 0.3 is 7.91 Å². The van der Waals surface area contributed by atoms with Crippen LogP contribution in [-0.4, -0.2) is 23.2 Å². The molecule has 0 fully saturated rings. The van der Waals surface area contributed by atoms with E-state index < -0.39 is 21.1 Å². The maximum Gasteiger partial charge on any atom is 0.510 e. The van der Waals surface area contributed by atoms with Gasteiger partial charge in [-0.3, -0.25) is 9.42 Å². The molecule has 0 aliphatic rings. The fourth-order valence-corrected chi connectivity index (χ4v) is 0.460. The highest BCUT2D eigenvalue weighted by atomic mass is 31.2. The van der Waals surface area contributed by atoms with E-state index in [0.29, 0.717) is 0 Å². The van der Waals surface area contributed by atoms with Gasteiger partial charge in [0.2, 0.25) is 0 Å². The van der Waals surface area contributed by atoms with Crippen LogP contribution in [0.15, 0.2) is 0 Å². The Hall–Kier alpha value is 0.0400. The predicted molar refractivity (Wildman–Crippen MR) is 24.0 cm³/mol. The quantitative estimate of drug-likeness (QED) is 0.550. The van der Waals surface area contributed by atoms with Crippen LogP contribution in [0, 0.1) is 0 Å². The van der Waals surface area contributed by atoms with Gasteiger partial charge in [-0.05, 0) is 0 Å². The van der Waals surface area contributed by atoms with Crippen molar-refractivity contribution >= 4 is 7.91 Å². The summed E-state index contributed by atoms with van der Waals surface area (Å²) in [6, 6.07) is 0. The van der Waals surface area contributed by atoms with Crippen molar-refractivity contribution < 1.29 is 23.3 Å². The number of rotatable bonds is 3. The molecule has 0 bridgehead atoms. The Morgan fingerprint density at radius 2 is 2.25 bits per heavy atom. The first-order chi connectivity index (χ1) is 3.56. The summed E-state index contributed by atoms with van der Waals surface area (Å²) < 4.78 is 24.5. The fourth-order valence-electron chi connectivity index (χ4n) is 0.153. The van der Waals surface area contributed by atoms with Crippen LogP contribution in [0.1, 0.15) is 0 Å². The summed E-state index contributed by atoms with van der Waals surface area (Å²) >= 11 is 0. The van der Waals surface area contributed by atoms with E-state index in [1.807, 2.05) is 0 Å². The summed E-state index contributed by atoms with van der Waals surface area (Å²) in [6.45, 7) is -0.918. The first-order valence-corrected chi connectivity index (χ1v) is 3.31. The molecule has 0 heterocycles. The molecule has 0 aliphatic heterocycles. The number of aliphatic hydroxyl groups excluding tert-OH is 1. The molecular weight excluding hydrogens is 138 g/mol. The zero-order chi connectivity index (χ0) is 6.62. The first kappa shape index (κ1) is 8.04. The summed E-state index contributed by atoms with van der Waals surface area (Å²) in [6.07, 6.45) is 0. The van der Waals surface area contributed by atoms with E-state index in [2.05, 4.69) is 4.52 Å². The molecule has 0 aromatic rings. The normalized spacial score (nSPS) is 17.9. The second-order valence-electron chi connectivity index (χ2n) is 1.01. The van der Waals surface area contributed by atoms with Gasteiger partial charge in [0.25, 0.3) is 0 Å². The second kappa shape index (κ2) is 3.14. The van der Waals surface area contributed by atoms with Crippen molar-refractivity contribution in [1.82, 2.24) is 0 Å². The Kier molecular flexibility index (Phi) is 3.16. The fraction of sp³-hybridized carbons (Fsp3) is 1.00. The minimum absolute atomic E-state index is 0.454. The van der Waals surface area contributed by atoms with Crippen molar-refractivity contribution in [3.63, 3.8) is 0 Å². The minimum Gasteiger partial charge on any atom is -0.394 e. The van der Waals surface area contributed by atoms with Gasteiger partial charge in [0.05, 0.1) is 13.2 Å². The van der Waals surface area contributed by atoms with Gasteiger partial charge in [0.15, 0.2) is 0 Å². The van der Waals surface area contributed by atoms with E-state index in [1.54, 1.807) is 0 Å². The number of hydrogen-bond acceptors (Lipinski definition) is 3. The zero-order valence-corrected chi connectivity index (χ0v) is 4.84. The van der Waals surface area contributed by atoms with Gasteiger partial charge in [-0.1, -0.05) is 0 Å². The maximum absolute atomic E-state index is 11.4. The Labute approximate surface area is 45.6 Å². The topological polar surface area (TPSA) is 66.8 Å². The largest absolute Gasteiger partial charge is 0.510 e. The smallest absolute Gasteiger partial charge is 0.394 e. The molecule has 0 aromatic heterocycles. The molecule has 6 heteroatoms. The van der Waals surface area contributed by atoms with Crippen LogP contribution >= 0.6 is 7.91 Å². The third-order valence-corrected chi connectivity index (χ3v) is 0.843. The third kappa shape index (κ3) is 6.04. The SMILES string of the molecule is O=P(O)(F)OCCO. The van der Waals surface area contributed by atoms with Crippen molar-refractivity contribution in [2.75, 3.05) is 13.2 Å². The zero-order valence-electron chi connectivity index (χ0n) is 3.95. The molecule has 0 aromatic carbocycles.